The molecule has 4 rings (SSSR count). The fraction of sp³-hybridized carbons (Fsp3) is 0.143. The zero-order chi connectivity index (χ0) is 22.9. The van der Waals surface area contributed by atoms with Crippen LogP contribution in [0.15, 0.2) is 59.5 Å². The van der Waals surface area contributed by atoms with Gasteiger partial charge >= 0.3 is 0 Å². The van der Waals surface area contributed by atoms with Crippen molar-refractivity contribution in [2.45, 2.75) is 6.42 Å². The van der Waals surface area contributed by atoms with E-state index in [4.69, 9.17) is 27.9 Å². The molecule has 1 amide bonds. The summed E-state index contributed by atoms with van der Waals surface area (Å²) in [6, 6.07) is 11.9. The third-order valence-corrected chi connectivity index (χ3v) is 7.12. The third kappa shape index (κ3) is 4.90. The first kappa shape index (κ1) is 22.2. The summed E-state index contributed by atoms with van der Waals surface area (Å²) < 4.78 is 31.4. The van der Waals surface area contributed by atoms with Crippen LogP contribution in [0.4, 0.5) is 11.4 Å². The first-order valence-corrected chi connectivity index (χ1v) is 11.9. The molecule has 0 saturated carbocycles. The second-order valence-electron chi connectivity index (χ2n) is 7.03. The lowest BCUT2D eigenvalue weighted by Gasteiger charge is -2.18. The van der Waals surface area contributed by atoms with Gasteiger partial charge in [0.15, 0.2) is 0 Å². The van der Waals surface area contributed by atoms with E-state index in [-0.39, 0.29) is 21.9 Å². The van der Waals surface area contributed by atoms with Gasteiger partial charge in [-0.1, -0.05) is 23.2 Å². The summed E-state index contributed by atoms with van der Waals surface area (Å²) in [4.78, 5) is 26.6. The van der Waals surface area contributed by atoms with Crippen molar-refractivity contribution < 1.29 is 17.9 Å². The number of anilines is 2. The quantitative estimate of drug-likeness (QED) is 0.551. The summed E-state index contributed by atoms with van der Waals surface area (Å²) in [6.45, 7) is 0.352. The molecule has 8 nitrogen and oxygen atoms in total. The third-order valence-electron chi connectivity index (χ3n) is 4.70. The van der Waals surface area contributed by atoms with E-state index in [9.17, 15) is 18.0 Å². The molecule has 2 heterocycles. The molecule has 0 unspecified atom stereocenters. The second-order valence-corrected chi connectivity index (χ2v) is 9.88. The highest BCUT2D eigenvalue weighted by Gasteiger charge is 2.29. The van der Waals surface area contributed by atoms with Gasteiger partial charge in [0.2, 0.25) is 15.6 Å². The molecule has 2 N–H and O–H groups in total. The van der Waals surface area contributed by atoms with Crippen LogP contribution in [0.1, 0.15) is 16.8 Å². The lowest BCUT2D eigenvalue weighted by molar-refractivity contribution is 0.102. The molecule has 1 aliphatic rings. The van der Waals surface area contributed by atoms with Gasteiger partial charge in [-0.25, -0.2) is 8.42 Å². The molecule has 1 aliphatic heterocycles. The van der Waals surface area contributed by atoms with E-state index in [1.54, 1.807) is 18.2 Å². The van der Waals surface area contributed by atoms with E-state index in [2.05, 4.69) is 10.3 Å². The number of aromatic amines is 1. The minimum atomic E-state index is -3.40. The van der Waals surface area contributed by atoms with Gasteiger partial charge in [0.25, 0.3) is 5.91 Å². The molecular weight excluding hydrogens is 477 g/mol. The van der Waals surface area contributed by atoms with Crippen LogP contribution >= 0.6 is 23.2 Å². The van der Waals surface area contributed by atoms with Gasteiger partial charge in [-0.15, -0.1) is 0 Å². The van der Waals surface area contributed by atoms with E-state index in [0.29, 0.717) is 40.9 Å². The first-order valence-electron chi connectivity index (χ1n) is 9.50. The minimum Gasteiger partial charge on any atom is -0.456 e. The lowest BCUT2D eigenvalue weighted by Crippen LogP contribution is -2.25. The Morgan fingerprint density at radius 2 is 1.88 bits per heavy atom. The Morgan fingerprint density at radius 1 is 1.06 bits per heavy atom. The minimum absolute atomic E-state index is 0.0672. The Kier molecular flexibility index (Phi) is 6.14. The Balaban J connectivity index is 1.57. The standard InChI is InChI=1S/C21H17Cl2N3O5S/c22-13-8-14(10-17(9-13)31-16-3-5-20(27)24-12-16)25-21(28)18-11-15(2-4-19(18)23)26-6-1-7-32(26,29)30/h2-5,8-12H,1,6-7H2,(H,24,27)(H,25,28). The molecular formula is C21H17Cl2N3O5S. The maximum Gasteiger partial charge on any atom is 0.257 e. The highest BCUT2D eigenvalue weighted by molar-refractivity contribution is 7.93. The number of halogens is 2. The highest BCUT2D eigenvalue weighted by Crippen LogP contribution is 2.31. The zero-order valence-corrected chi connectivity index (χ0v) is 18.8. The number of nitrogens with zero attached hydrogens (tertiary/aromatic N) is 1. The molecule has 1 aromatic heterocycles. The SMILES string of the molecule is O=C(Nc1cc(Cl)cc(Oc2ccc(=O)[nH]c2)c1)c1cc(N2CCCS2(=O)=O)ccc1Cl. The first-order chi connectivity index (χ1) is 15.2. The average Bonchev–Trinajstić information content (AvgIpc) is 3.08. The number of benzene rings is 2. The molecule has 166 valence electrons. The summed E-state index contributed by atoms with van der Waals surface area (Å²) in [5.74, 6) is 0.248. The van der Waals surface area contributed by atoms with Gasteiger partial charge in [-0.3, -0.25) is 13.9 Å². The van der Waals surface area contributed by atoms with Gasteiger partial charge in [0.1, 0.15) is 11.5 Å². The number of sulfonamides is 1. The number of H-pyrrole nitrogens is 1. The average molecular weight is 494 g/mol. The van der Waals surface area contributed by atoms with Crippen LogP contribution in [0.5, 0.6) is 11.5 Å². The van der Waals surface area contributed by atoms with Crippen LogP contribution in [0.3, 0.4) is 0 Å². The summed E-state index contributed by atoms with van der Waals surface area (Å²) in [7, 11) is -3.40. The van der Waals surface area contributed by atoms with Crippen molar-refractivity contribution in [2.75, 3.05) is 21.9 Å². The fourth-order valence-electron chi connectivity index (χ4n) is 3.26. The normalized spacial score (nSPS) is 14.9. The number of carbonyl (C=O) groups is 1. The van der Waals surface area contributed by atoms with Gasteiger partial charge in [0, 0.05) is 35.6 Å². The van der Waals surface area contributed by atoms with Crippen LogP contribution in [-0.4, -0.2) is 31.6 Å². The molecule has 0 radical (unpaired) electrons. The van der Waals surface area contributed by atoms with Crippen molar-refractivity contribution >= 4 is 50.5 Å². The van der Waals surface area contributed by atoms with Crippen LogP contribution in [0.25, 0.3) is 0 Å². The van der Waals surface area contributed by atoms with Gasteiger partial charge in [0.05, 0.1) is 22.0 Å². The molecule has 11 heteroatoms. The predicted octanol–water partition coefficient (Wildman–Crippen LogP) is 4.27. The number of rotatable bonds is 5. The highest BCUT2D eigenvalue weighted by atomic mass is 35.5. The summed E-state index contributed by atoms with van der Waals surface area (Å²) in [5, 5.41) is 3.19. The Bertz CT molecular complexity index is 1340. The van der Waals surface area contributed by atoms with E-state index >= 15 is 0 Å². The maximum absolute atomic E-state index is 12.9. The summed E-state index contributed by atoms with van der Waals surface area (Å²) in [5.41, 5.74) is 0.578. The van der Waals surface area contributed by atoms with E-state index < -0.39 is 15.9 Å². The summed E-state index contributed by atoms with van der Waals surface area (Å²) >= 11 is 12.4. The number of amides is 1. The van der Waals surface area contributed by atoms with Crippen molar-refractivity contribution in [3.63, 3.8) is 0 Å². The lowest BCUT2D eigenvalue weighted by atomic mass is 10.1. The summed E-state index contributed by atoms with van der Waals surface area (Å²) in [6.07, 6.45) is 1.92. The predicted molar refractivity (Wildman–Crippen MR) is 124 cm³/mol. The molecule has 2 aromatic carbocycles. The van der Waals surface area contributed by atoms with Crippen molar-refractivity contribution in [2.24, 2.45) is 0 Å². The molecule has 32 heavy (non-hydrogen) atoms. The van der Waals surface area contributed by atoms with E-state index in [1.165, 1.54) is 40.8 Å². The fourth-order valence-corrected chi connectivity index (χ4v) is 5.24. The second kappa shape index (κ2) is 8.85. The van der Waals surface area contributed by atoms with Crippen LogP contribution in [0.2, 0.25) is 10.0 Å². The largest absolute Gasteiger partial charge is 0.456 e. The zero-order valence-electron chi connectivity index (χ0n) is 16.5. The molecule has 0 bridgehead atoms. The number of hydrogen-bond acceptors (Lipinski definition) is 5. The van der Waals surface area contributed by atoms with Gasteiger partial charge in [-0.2, -0.15) is 0 Å². The van der Waals surface area contributed by atoms with Crippen molar-refractivity contribution in [1.82, 2.24) is 4.98 Å². The molecule has 0 aliphatic carbocycles. The molecule has 1 saturated heterocycles. The van der Waals surface area contributed by atoms with Crippen LogP contribution in [0, 0.1) is 0 Å². The molecule has 1 fully saturated rings. The smallest absolute Gasteiger partial charge is 0.257 e. The monoisotopic (exact) mass is 493 g/mol. The molecule has 0 atom stereocenters. The number of ether oxygens (including phenoxy) is 1. The molecule has 3 aromatic rings. The Morgan fingerprint density at radius 3 is 2.56 bits per heavy atom. The van der Waals surface area contributed by atoms with Crippen LogP contribution in [-0.2, 0) is 10.0 Å². The number of nitrogens with one attached hydrogen (secondary N) is 2. The Hall–Kier alpha value is -3.01. The molecule has 0 spiro atoms. The van der Waals surface area contributed by atoms with Gasteiger partial charge in [-0.05, 0) is 42.8 Å². The van der Waals surface area contributed by atoms with E-state index in [0.717, 1.165) is 0 Å². The maximum atomic E-state index is 12.9. The Labute approximate surface area is 193 Å². The number of aromatic nitrogens is 1. The van der Waals surface area contributed by atoms with Crippen LogP contribution < -0.4 is 19.9 Å². The van der Waals surface area contributed by atoms with E-state index in [1.807, 2.05) is 0 Å². The number of hydrogen-bond donors (Lipinski definition) is 2. The number of pyridine rings is 1. The van der Waals surface area contributed by atoms with Crippen molar-refractivity contribution in [3.05, 3.63) is 80.7 Å². The topological polar surface area (TPSA) is 109 Å². The van der Waals surface area contributed by atoms with Crippen molar-refractivity contribution in [3.8, 4) is 11.5 Å². The number of carbonyl (C=O) groups excluding carboxylic acids is 1. The van der Waals surface area contributed by atoms with Crippen molar-refractivity contribution in [1.29, 1.82) is 0 Å². The van der Waals surface area contributed by atoms with Gasteiger partial charge < -0.3 is 15.0 Å².